The third kappa shape index (κ3) is 7.05. The van der Waals surface area contributed by atoms with E-state index < -0.39 is 0 Å². The molecule has 6 heteroatoms. The van der Waals surface area contributed by atoms with E-state index >= 15 is 0 Å². The average molecular weight is 467 g/mol. The van der Waals surface area contributed by atoms with Crippen molar-refractivity contribution >= 4 is 17.6 Å². The molecule has 34 heavy (non-hydrogen) atoms. The maximum absolute atomic E-state index is 12.9. The van der Waals surface area contributed by atoms with Crippen LogP contribution in [0.15, 0.2) is 41.6 Å². The summed E-state index contributed by atoms with van der Waals surface area (Å²) in [7, 11) is 0. The van der Waals surface area contributed by atoms with Crippen LogP contribution in [-0.2, 0) is 20.8 Å². The van der Waals surface area contributed by atoms with Crippen molar-refractivity contribution in [3.05, 3.63) is 58.7 Å². The fourth-order valence-electron chi connectivity index (χ4n) is 4.90. The van der Waals surface area contributed by atoms with Crippen molar-refractivity contribution < 1.29 is 19.2 Å². The lowest BCUT2D eigenvalue weighted by Gasteiger charge is -2.38. The molecule has 184 valence electrons. The van der Waals surface area contributed by atoms with Gasteiger partial charge in [0.25, 0.3) is 5.91 Å². The molecule has 1 aromatic carbocycles. The Morgan fingerprint density at radius 2 is 1.79 bits per heavy atom. The van der Waals surface area contributed by atoms with Crippen LogP contribution in [0.3, 0.4) is 0 Å². The number of likely N-dealkylation sites (tertiary alicyclic amines) is 1. The number of fused-ring (bicyclic) bond motifs is 1. The fraction of sp³-hybridized carbons (Fsp3) is 0.536. The first-order valence-corrected chi connectivity index (χ1v) is 12.5. The molecule has 1 amide bonds. The molecule has 2 heterocycles. The smallest absolute Gasteiger partial charge is 0.338 e. The molecule has 0 aliphatic carbocycles. The van der Waals surface area contributed by atoms with Crippen molar-refractivity contribution in [2.24, 2.45) is 5.16 Å². The van der Waals surface area contributed by atoms with Crippen LogP contribution in [0.5, 0.6) is 0 Å². The molecular weight excluding hydrogens is 428 g/mol. The number of amides is 1. The Morgan fingerprint density at radius 1 is 1.09 bits per heavy atom. The van der Waals surface area contributed by atoms with Crippen LogP contribution in [0.2, 0.25) is 0 Å². The molecule has 0 saturated carbocycles. The number of hydrogen-bond donors (Lipinski definition) is 0. The fourth-order valence-corrected chi connectivity index (χ4v) is 4.90. The SMILES string of the molecule is Cc1cc(C)c2c(c1)CC(=N/OCC(=O)N1C(C)CCCC1C)/C=C/CC/C=C/CCOC2=O. The maximum atomic E-state index is 12.9. The van der Waals surface area contributed by atoms with Crippen molar-refractivity contribution in [3.63, 3.8) is 0 Å². The third-order valence-corrected chi connectivity index (χ3v) is 6.48. The van der Waals surface area contributed by atoms with E-state index in [0.717, 1.165) is 48.8 Å². The van der Waals surface area contributed by atoms with Crippen LogP contribution in [0, 0.1) is 13.8 Å². The minimum Gasteiger partial charge on any atom is -0.462 e. The zero-order chi connectivity index (χ0) is 24.5. The summed E-state index contributed by atoms with van der Waals surface area (Å²) in [4.78, 5) is 33.2. The molecule has 0 radical (unpaired) electrons. The zero-order valence-corrected chi connectivity index (χ0v) is 21.0. The maximum Gasteiger partial charge on any atom is 0.338 e. The number of oxime groups is 1. The van der Waals surface area contributed by atoms with Crippen LogP contribution < -0.4 is 0 Å². The van der Waals surface area contributed by atoms with E-state index in [-0.39, 0.29) is 30.6 Å². The second-order valence-corrected chi connectivity index (χ2v) is 9.45. The first-order chi connectivity index (χ1) is 16.4. The van der Waals surface area contributed by atoms with Gasteiger partial charge in [-0.15, -0.1) is 0 Å². The molecule has 1 aromatic rings. The number of aryl methyl sites for hydroxylation is 2. The molecule has 0 bridgehead atoms. The van der Waals surface area contributed by atoms with E-state index in [4.69, 9.17) is 9.57 Å². The summed E-state index contributed by atoms with van der Waals surface area (Å²) < 4.78 is 5.54. The number of carbonyl (C=O) groups is 2. The summed E-state index contributed by atoms with van der Waals surface area (Å²) in [5.74, 6) is -0.347. The highest BCUT2D eigenvalue weighted by molar-refractivity contribution is 6.00. The predicted molar refractivity (Wildman–Crippen MR) is 135 cm³/mol. The molecule has 2 atom stereocenters. The van der Waals surface area contributed by atoms with E-state index in [0.29, 0.717) is 30.7 Å². The summed E-state index contributed by atoms with van der Waals surface area (Å²) in [6, 6.07) is 4.43. The highest BCUT2D eigenvalue weighted by Gasteiger charge is 2.29. The Morgan fingerprint density at radius 3 is 2.56 bits per heavy atom. The average Bonchev–Trinajstić information content (AvgIpc) is 2.76. The third-order valence-electron chi connectivity index (χ3n) is 6.48. The number of hydrogen-bond acceptors (Lipinski definition) is 5. The molecule has 0 spiro atoms. The molecule has 1 fully saturated rings. The van der Waals surface area contributed by atoms with Crippen molar-refractivity contribution in [3.8, 4) is 0 Å². The summed E-state index contributed by atoms with van der Waals surface area (Å²) >= 11 is 0. The van der Waals surface area contributed by atoms with E-state index in [9.17, 15) is 9.59 Å². The van der Waals surface area contributed by atoms with E-state index in [1.54, 1.807) is 0 Å². The van der Waals surface area contributed by atoms with Crippen molar-refractivity contribution in [2.75, 3.05) is 13.2 Å². The van der Waals surface area contributed by atoms with Crippen LogP contribution >= 0.6 is 0 Å². The minimum atomic E-state index is -0.314. The number of esters is 1. The molecular formula is C28H38N2O4. The van der Waals surface area contributed by atoms with Gasteiger partial charge in [-0.1, -0.05) is 41.1 Å². The monoisotopic (exact) mass is 466 g/mol. The molecule has 0 aromatic heterocycles. The van der Waals surface area contributed by atoms with Gasteiger partial charge in [-0.3, -0.25) is 4.79 Å². The van der Waals surface area contributed by atoms with Crippen molar-refractivity contribution in [1.82, 2.24) is 4.90 Å². The topological polar surface area (TPSA) is 68.2 Å². The number of benzene rings is 1. The van der Waals surface area contributed by atoms with E-state index in [1.165, 1.54) is 0 Å². The molecule has 1 saturated heterocycles. The van der Waals surface area contributed by atoms with Gasteiger partial charge in [-0.05, 0) is 83.4 Å². The summed E-state index contributed by atoms with van der Waals surface area (Å²) in [5, 5.41) is 4.33. The van der Waals surface area contributed by atoms with Gasteiger partial charge >= 0.3 is 5.97 Å². The Kier molecular flexibility index (Phi) is 9.49. The Hall–Kier alpha value is -2.89. The largest absolute Gasteiger partial charge is 0.462 e. The number of ether oxygens (including phenoxy) is 1. The normalized spacial score (nSPS) is 25.1. The highest BCUT2D eigenvalue weighted by atomic mass is 16.6. The highest BCUT2D eigenvalue weighted by Crippen LogP contribution is 2.23. The summed E-state index contributed by atoms with van der Waals surface area (Å²) in [6.07, 6.45) is 14.2. The van der Waals surface area contributed by atoms with Gasteiger partial charge in [0, 0.05) is 18.5 Å². The number of piperidine rings is 1. The van der Waals surface area contributed by atoms with Crippen LogP contribution in [0.25, 0.3) is 0 Å². The van der Waals surface area contributed by atoms with Gasteiger partial charge in [0.1, 0.15) is 0 Å². The van der Waals surface area contributed by atoms with Crippen molar-refractivity contribution in [1.29, 1.82) is 0 Å². The van der Waals surface area contributed by atoms with Crippen LogP contribution in [0.4, 0.5) is 0 Å². The Bertz CT molecular complexity index is 953. The zero-order valence-electron chi connectivity index (χ0n) is 21.0. The molecule has 0 N–H and O–H groups in total. The lowest BCUT2D eigenvalue weighted by Crippen LogP contribution is -2.48. The van der Waals surface area contributed by atoms with Gasteiger partial charge in [0.2, 0.25) is 0 Å². The molecule has 3 rings (SSSR count). The number of cyclic esters (lactones) is 1. The van der Waals surface area contributed by atoms with Gasteiger partial charge in [0.15, 0.2) is 6.61 Å². The van der Waals surface area contributed by atoms with Gasteiger partial charge in [0.05, 0.1) is 17.9 Å². The first kappa shape index (κ1) is 25.7. The number of allylic oxidation sites excluding steroid dienone is 3. The molecule has 2 aliphatic heterocycles. The standard InChI is InChI=1S/C28H38N2O4/c1-20-16-21(2)27-24(17-20)18-25(14-9-7-5-6-8-10-15-33-28(27)32)29-34-19-26(31)30-22(3)12-11-13-23(30)4/h6,8-9,14,16-17,22-23H,5,7,10-13,15,18-19H2,1-4H3/b8-6+,14-9+,29-25+. The molecule has 6 nitrogen and oxygen atoms in total. The second-order valence-electron chi connectivity index (χ2n) is 9.45. The predicted octanol–water partition coefficient (Wildman–Crippen LogP) is 5.46. The summed E-state index contributed by atoms with van der Waals surface area (Å²) in [6.45, 7) is 8.40. The second kappa shape index (κ2) is 12.5. The van der Waals surface area contributed by atoms with E-state index in [2.05, 4.69) is 31.2 Å². The number of nitrogens with zero attached hydrogens (tertiary/aromatic N) is 2. The number of rotatable bonds is 3. The minimum absolute atomic E-state index is 0.0327. The molecule has 2 aliphatic rings. The molecule has 2 unspecified atom stereocenters. The van der Waals surface area contributed by atoms with Crippen LogP contribution in [0.1, 0.15) is 79.4 Å². The Balaban J connectivity index is 1.82. The number of carbonyl (C=O) groups excluding carboxylic acids is 2. The van der Waals surface area contributed by atoms with Crippen molar-refractivity contribution in [2.45, 2.75) is 84.7 Å². The summed E-state index contributed by atoms with van der Waals surface area (Å²) in [5.41, 5.74) is 4.06. The van der Waals surface area contributed by atoms with Gasteiger partial charge in [-0.25, -0.2) is 4.79 Å². The quantitative estimate of drug-likeness (QED) is 0.337. The van der Waals surface area contributed by atoms with Crippen LogP contribution in [-0.4, -0.2) is 47.8 Å². The van der Waals surface area contributed by atoms with Gasteiger partial charge < -0.3 is 14.5 Å². The lowest BCUT2D eigenvalue weighted by molar-refractivity contribution is -0.142. The first-order valence-electron chi connectivity index (χ1n) is 12.5. The van der Waals surface area contributed by atoms with E-state index in [1.807, 2.05) is 43.0 Å². The van der Waals surface area contributed by atoms with Gasteiger partial charge in [-0.2, -0.15) is 0 Å². The lowest BCUT2D eigenvalue weighted by atomic mass is 9.95. The Labute approximate surface area is 203 Å².